The summed E-state index contributed by atoms with van der Waals surface area (Å²) in [4.78, 5) is 4.69. The molecule has 3 aromatic carbocycles. The second kappa shape index (κ2) is 11.0. The Hall–Kier alpha value is -2.64. The van der Waals surface area contributed by atoms with E-state index in [1.54, 1.807) is 11.8 Å². The van der Waals surface area contributed by atoms with Crippen molar-refractivity contribution in [2.24, 2.45) is 4.99 Å². The molecule has 3 aromatic rings. The number of ether oxygens (including phenoxy) is 4. The first-order valence-corrected chi connectivity index (χ1v) is 12.2. The van der Waals surface area contributed by atoms with E-state index in [0.717, 1.165) is 16.9 Å². The van der Waals surface area contributed by atoms with Crippen molar-refractivity contribution in [2.75, 3.05) is 6.61 Å². The van der Waals surface area contributed by atoms with Crippen LogP contribution < -0.4 is 0 Å². The Labute approximate surface area is 198 Å². The van der Waals surface area contributed by atoms with E-state index in [0.29, 0.717) is 25.1 Å². The Balaban J connectivity index is 1.21. The van der Waals surface area contributed by atoms with Gasteiger partial charge in [-0.05, 0) is 16.7 Å². The SMILES string of the molecule is c1ccc(COC[C@H]2O[C@@H]3N=C(SCc4ccccc4)O[C@@H]3[C@H]2OCc2ccccc2)cc1. The van der Waals surface area contributed by atoms with Crippen LogP contribution in [0.3, 0.4) is 0 Å². The average Bonchev–Trinajstić information content (AvgIpc) is 3.41. The monoisotopic (exact) mass is 461 g/mol. The largest absolute Gasteiger partial charge is 0.462 e. The standard InChI is InChI=1S/C27H27NO4S/c1-4-10-20(11-5-1)16-29-18-23-24(30-17-21-12-6-2-7-13-21)25-26(31-23)28-27(32-25)33-19-22-14-8-3-9-15-22/h1-15,23-26H,16-19H2/t23-,24+,25-,26+/m1/s1. The van der Waals surface area contributed by atoms with Crippen LogP contribution in [0.2, 0.25) is 0 Å². The van der Waals surface area contributed by atoms with Gasteiger partial charge in [-0.15, -0.1) is 0 Å². The second-order valence-electron chi connectivity index (χ2n) is 8.08. The van der Waals surface area contributed by atoms with Gasteiger partial charge in [0.1, 0.15) is 12.2 Å². The molecule has 0 amide bonds. The van der Waals surface area contributed by atoms with Crippen molar-refractivity contribution in [3.05, 3.63) is 108 Å². The zero-order valence-electron chi connectivity index (χ0n) is 18.3. The summed E-state index contributed by atoms with van der Waals surface area (Å²) in [6, 6.07) is 30.6. The average molecular weight is 462 g/mol. The zero-order chi connectivity index (χ0) is 22.3. The van der Waals surface area contributed by atoms with Crippen LogP contribution in [0.25, 0.3) is 0 Å². The van der Waals surface area contributed by atoms with Gasteiger partial charge in [0.15, 0.2) is 12.3 Å². The summed E-state index contributed by atoms with van der Waals surface area (Å²) in [5, 5.41) is 0.658. The molecule has 33 heavy (non-hydrogen) atoms. The Morgan fingerprint density at radius 2 is 1.36 bits per heavy atom. The van der Waals surface area contributed by atoms with Crippen LogP contribution in [-0.4, -0.2) is 36.4 Å². The lowest BCUT2D eigenvalue weighted by molar-refractivity contribution is -0.0772. The number of aliphatic imine (C=N–C) groups is 1. The van der Waals surface area contributed by atoms with Crippen LogP contribution in [0, 0.1) is 0 Å². The van der Waals surface area contributed by atoms with Crippen molar-refractivity contribution in [1.29, 1.82) is 0 Å². The van der Waals surface area contributed by atoms with Crippen molar-refractivity contribution < 1.29 is 18.9 Å². The molecule has 0 radical (unpaired) electrons. The first kappa shape index (κ1) is 22.2. The summed E-state index contributed by atoms with van der Waals surface area (Å²) >= 11 is 1.59. The molecule has 5 nitrogen and oxygen atoms in total. The fourth-order valence-corrected chi connectivity index (χ4v) is 4.79. The van der Waals surface area contributed by atoms with E-state index in [9.17, 15) is 0 Å². The summed E-state index contributed by atoms with van der Waals surface area (Å²) in [7, 11) is 0. The third kappa shape index (κ3) is 5.84. The van der Waals surface area contributed by atoms with Gasteiger partial charge in [-0.1, -0.05) is 103 Å². The van der Waals surface area contributed by atoms with E-state index in [4.69, 9.17) is 18.9 Å². The first-order valence-electron chi connectivity index (χ1n) is 11.2. The van der Waals surface area contributed by atoms with Crippen molar-refractivity contribution in [1.82, 2.24) is 0 Å². The van der Waals surface area contributed by atoms with Crippen LogP contribution in [0.15, 0.2) is 96.0 Å². The highest BCUT2D eigenvalue weighted by molar-refractivity contribution is 8.12. The molecule has 2 heterocycles. The van der Waals surface area contributed by atoms with E-state index >= 15 is 0 Å². The minimum absolute atomic E-state index is 0.239. The fourth-order valence-electron chi connectivity index (χ4n) is 3.95. The highest BCUT2D eigenvalue weighted by atomic mass is 32.2. The minimum Gasteiger partial charge on any atom is -0.462 e. The first-order chi connectivity index (χ1) is 16.3. The van der Waals surface area contributed by atoms with E-state index in [1.807, 2.05) is 54.6 Å². The molecule has 0 saturated carbocycles. The van der Waals surface area contributed by atoms with Gasteiger partial charge in [0.05, 0.1) is 19.8 Å². The summed E-state index contributed by atoms with van der Waals surface area (Å²) in [6.07, 6.45) is -1.13. The van der Waals surface area contributed by atoms with Gasteiger partial charge in [-0.25, -0.2) is 4.99 Å². The maximum atomic E-state index is 6.32. The van der Waals surface area contributed by atoms with Gasteiger partial charge in [-0.2, -0.15) is 0 Å². The molecule has 0 spiro atoms. The molecule has 6 heteroatoms. The molecular formula is C27H27NO4S. The molecular weight excluding hydrogens is 434 g/mol. The van der Waals surface area contributed by atoms with Gasteiger partial charge in [-0.3, -0.25) is 0 Å². The third-order valence-electron chi connectivity index (χ3n) is 5.64. The normalized spacial score (nSPS) is 23.7. The number of hydrogen-bond donors (Lipinski definition) is 0. The molecule has 2 aliphatic rings. The Kier molecular flexibility index (Phi) is 7.38. The molecule has 0 aliphatic carbocycles. The topological polar surface area (TPSA) is 49.3 Å². The van der Waals surface area contributed by atoms with Gasteiger partial charge in [0.2, 0.25) is 5.23 Å². The quantitative estimate of drug-likeness (QED) is 0.438. The minimum atomic E-state index is -0.366. The number of thioether (sulfide) groups is 1. The maximum absolute atomic E-state index is 6.32. The van der Waals surface area contributed by atoms with E-state index in [-0.39, 0.29) is 24.5 Å². The van der Waals surface area contributed by atoms with Gasteiger partial charge in [0, 0.05) is 5.75 Å². The highest BCUT2D eigenvalue weighted by Gasteiger charge is 2.51. The molecule has 170 valence electrons. The predicted octanol–water partition coefficient (Wildman–Crippen LogP) is 5.20. The molecule has 0 unspecified atom stereocenters. The Morgan fingerprint density at radius 1 is 0.758 bits per heavy atom. The van der Waals surface area contributed by atoms with Gasteiger partial charge < -0.3 is 18.9 Å². The smallest absolute Gasteiger partial charge is 0.249 e. The summed E-state index contributed by atoms with van der Waals surface area (Å²) in [5.74, 6) is 0.804. The van der Waals surface area contributed by atoms with Crippen molar-refractivity contribution >= 4 is 17.0 Å². The molecule has 0 aromatic heterocycles. The summed E-state index contributed by atoms with van der Waals surface area (Å²) in [5.41, 5.74) is 3.48. The number of fused-ring (bicyclic) bond motifs is 1. The molecule has 5 rings (SSSR count). The molecule has 1 saturated heterocycles. The summed E-state index contributed by atoms with van der Waals surface area (Å²) < 4.78 is 24.7. The molecule has 2 aliphatic heterocycles. The second-order valence-corrected chi connectivity index (χ2v) is 9.01. The molecule has 4 atom stereocenters. The van der Waals surface area contributed by atoms with Gasteiger partial charge >= 0.3 is 0 Å². The van der Waals surface area contributed by atoms with Crippen LogP contribution in [0.4, 0.5) is 0 Å². The van der Waals surface area contributed by atoms with Crippen LogP contribution in [0.1, 0.15) is 16.7 Å². The zero-order valence-corrected chi connectivity index (χ0v) is 19.1. The lowest BCUT2D eigenvalue weighted by Gasteiger charge is -2.23. The predicted molar refractivity (Wildman–Crippen MR) is 130 cm³/mol. The number of nitrogens with zero attached hydrogens (tertiary/aromatic N) is 1. The number of rotatable bonds is 9. The summed E-state index contributed by atoms with van der Waals surface area (Å²) in [6.45, 7) is 1.44. The van der Waals surface area contributed by atoms with E-state index < -0.39 is 0 Å². The van der Waals surface area contributed by atoms with Gasteiger partial charge in [0.25, 0.3) is 0 Å². The van der Waals surface area contributed by atoms with Crippen molar-refractivity contribution in [3.8, 4) is 0 Å². The molecule has 0 bridgehead atoms. The molecule has 0 N–H and O–H groups in total. The lowest BCUT2D eigenvalue weighted by atomic mass is 10.1. The van der Waals surface area contributed by atoms with E-state index in [2.05, 4.69) is 41.4 Å². The van der Waals surface area contributed by atoms with E-state index in [1.165, 1.54) is 5.56 Å². The Bertz CT molecular complexity index is 1030. The van der Waals surface area contributed by atoms with Crippen LogP contribution in [0.5, 0.6) is 0 Å². The number of benzene rings is 3. The third-order valence-corrected chi connectivity index (χ3v) is 6.57. The Morgan fingerprint density at radius 3 is 2.03 bits per heavy atom. The van der Waals surface area contributed by atoms with Crippen LogP contribution in [-0.2, 0) is 37.9 Å². The van der Waals surface area contributed by atoms with Crippen molar-refractivity contribution in [2.45, 2.75) is 43.5 Å². The van der Waals surface area contributed by atoms with Crippen LogP contribution >= 0.6 is 11.8 Å². The maximum Gasteiger partial charge on any atom is 0.249 e. The fraction of sp³-hybridized carbons (Fsp3) is 0.296. The number of hydrogen-bond acceptors (Lipinski definition) is 6. The molecule has 1 fully saturated rings. The highest BCUT2D eigenvalue weighted by Crippen LogP contribution is 2.35. The van der Waals surface area contributed by atoms with Crippen molar-refractivity contribution in [3.63, 3.8) is 0 Å². The lowest BCUT2D eigenvalue weighted by Crippen LogP contribution is -2.37.